The molecule has 3 N–H and O–H groups in total. The average molecular weight is 173 g/mol. The molecule has 0 aromatic heterocycles. The van der Waals surface area contributed by atoms with E-state index in [1.807, 2.05) is 42.5 Å². The Kier molecular flexibility index (Phi) is 1.87. The molecule has 1 aromatic rings. The molecule has 3 heteroatoms. The van der Waals surface area contributed by atoms with Gasteiger partial charge in [-0.3, -0.25) is 5.43 Å². The summed E-state index contributed by atoms with van der Waals surface area (Å²) < 4.78 is 0. The standard InChI is InChI=1S/C10H11N3/c11-10(7-4-8-12-13-10)9-5-2-1-3-6-9/h1-8,13H,11H2. The Morgan fingerprint density at radius 3 is 2.62 bits per heavy atom. The van der Waals surface area contributed by atoms with Crippen molar-refractivity contribution in [1.82, 2.24) is 5.43 Å². The number of rotatable bonds is 1. The monoisotopic (exact) mass is 173 g/mol. The Balaban J connectivity index is 2.35. The smallest absolute Gasteiger partial charge is 0.147 e. The molecule has 66 valence electrons. The summed E-state index contributed by atoms with van der Waals surface area (Å²) in [6, 6.07) is 9.81. The van der Waals surface area contributed by atoms with E-state index in [-0.39, 0.29) is 0 Å². The first-order valence-corrected chi connectivity index (χ1v) is 4.14. The molecule has 1 aliphatic rings. The van der Waals surface area contributed by atoms with Crippen LogP contribution in [0.25, 0.3) is 0 Å². The third-order valence-electron chi connectivity index (χ3n) is 2.02. The summed E-state index contributed by atoms with van der Waals surface area (Å²) in [4.78, 5) is 0. The number of hydrazone groups is 1. The molecule has 3 nitrogen and oxygen atoms in total. The first kappa shape index (κ1) is 8.01. The van der Waals surface area contributed by atoms with Gasteiger partial charge in [0, 0.05) is 6.21 Å². The van der Waals surface area contributed by atoms with Crippen molar-refractivity contribution in [3.63, 3.8) is 0 Å². The molecule has 2 rings (SSSR count). The van der Waals surface area contributed by atoms with Gasteiger partial charge in [-0.25, -0.2) is 0 Å². The van der Waals surface area contributed by atoms with E-state index < -0.39 is 5.66 Å². The number of hydrogen-bond donors (Lipinski definition) is 2. The highest BCUT2D eigenvalue weighted by molar-refractivity contribution is 5.72. The Morgan fingerprint density at radius 2 is 2.00 bits per heavy atom. The molecule has 0 bridgehead atoms. The lowest BCUT2D eigenvalue weighted by molar-refractivity contribution is 0.443. The normalized spacial score (nSPS) is 25.6. The fourth-order valence-electron chi connectivity index (χ4n) is 1.29. The first-order valence-electron chi connectivity index (χ1n) is 4.14. The number of hydrogen-bond acceptors (Lipinski definition) is 3. The quantitative estimate of drug-likeness (QED) is 0.664. The topological polar surface area (TPSA) is 50.4 Å². The van der Waals surface area contributed by atoms with E-state index in [9.17, 15) is 0 Å². The summed E-state index contributed by atoms with van der Waals surface area (Å²) in [6.45, 7) is 0. The molecule has 1 unspecified atom stereocenters. The van der Waals surface area contributed by atoms with Crippen LogP contribution in [0.5, 0.6) is 0 Å². The van der Waals surface area contributed by atoms with Crippen LogP contribution in [0.1, 0.15) is 5.56 Å². The minimum atomic E-state index is -0.657. The maximum Gasteiger partial charge on any atom is 0.147 e. The zero-order valence-corrected chi connectivity index (χ0v) is 7.14. The van der Waals surface area contributed by atoms with Gasteiger partial charge in [-0.15, -0.1) is 0 Å². The lowest BCUT2D eigenvalue weighted by atomic mass is 10.0. The summed E-state index contributed by atoms with van der Waals surface area (Å²) in [7, 11) is 0. The van der Waals surface area contributed by atoms with Crippen LogP contribution in [0.15, 0.2) is 47.6 Å². The third-order valence-corrected chi connectivity index (χ3v) is 2.02. The van der Waals surface area contributed by atoms with Crippen LogP contribution in [-0.2, 0) is 5.66 Å². The van der Waals surface area contributed by atoms with E-state index in [1.54, 1.807) is 6.21 Å². The molecule has 1 aromatic carbocycles. The number of allylic oxidation sites excluding steroid dienone is 1. The number of nitrogens with one attached hydrogen (secondary N) is 1. The predicted molar refractivity (Wildman–Crippen MR) is 53.1 cm³/mol. The van der Waals surface area contributed by atoms with Crippen molar-refractivity contribution in [1.29, 1.82) is 0 Å². The van der Waals surface area contributed by atoms with Gasteiger partial charge in [0.15, 0.2) is 0 Å². The SMILES string of the molecule is NC1(c2ccccc2)C=CC=NN1. The molecule has 0 amide bonds. The van der Waals surface area contributed by atoms with Gasteiger partial charge in [0.1, 0.15) is 5.66 Å². The van der Waals surface area contributed by atoms with Crippen molar-refractivity contribution < 1.29 is 0 Å². The van der Waals surface area contributed by atoms with Crippen molar-refractivity contribution in [2.75, 3.05) is 0 Å². The van der Waals surface area contributed by atoms with Gasteiger partial charge in [0.05, 0.1) is 0 Å². The predicted octanol–water partition coefficient (Wildman–Crippen LogP) is 0.943. The molecule has 0 fully saturated rings. The maximum atomic E-state index is 6.07. The van der Waals surface area contributed by atoms with Gasteiger partial charge in [0.25, 0.3) is 0 Å². The van der Waals surface area contributed by atoms with Crippen LogP contribution in [-0.4, -0.2) is 6.21 Å². The summed E-state index contributed by atoms with van der Waals surface area (Å²) in [5.74, 6) is 0. The molecular formula is C10H11N3. The molecule has 1 aliphatic heterocycles. The van der Waals surface area contributed by atoms with E-state index >= 15 is 0 Å². The van der Waals surface area contributed by atoms with Crippen molar-refractivity contribution in [2.24, 2.45) is 10.8 Å². The maximum absolute atomic E-state index is 6.07. The fourth-order valence-corrected chi connectivity index (χ4v) is 1.29. The molecule has 1 heterocycles. The van der Waals surface area contributed by atoms with E-state index in [0.717, 1.165) is 5.56 Å². The molecule has 0 aliphatic carbocycles. The Bertz CT molecular complexity index is 342. The molecule has 0 spiro atoms. The number of nitrogens with two attached hydrogens (primary N) is 1. The number of benzene rings is 1. The van der Waals surface area contributed by atoms with Gasteiger partial charge >= 0.3 is 0 Å². The van der Waals surface area contributed by atoms with Crippen molar-refractivity contribution in [3.05, 3.63) is 48.0 Å². The third kappa shape index (κ3) is 1.46. The van der Waals surface area contributed by atoms with Crippen LogP contribution < -0.4 is 11.2 Å². The Morgan fingerprint density at radius 1 is 1.23 bits per heavy atom. The van der Waals surface area contributed by atoms with E-state index in [4.69, 9.17) is 5.73 Å². The van der Waals surface area contributed by atoms with Gasteiger partial charge in [-0.1, -0.05) is 30.3 Å². The van der Waals surface area contributed by atoms with Gasteiger partial charge < -0.3 is 5.73 Å². The second kappa shape index (κ2) is 3.03. The zero-order valence-electron chi connectivity index (χ0n) is 7.14. The molecule has 0 saturated carbocycles. The molecule has 1 atom stereocenters. The van der Waals surface area contributed by atoms with Gasteiger partial charge in [-0.2, -0.15) is 5.10 Å². The number of nitrogens with zero attached hydrogens (tertiary/aromatic N) is 1. The second-order valence-electron chi connectivity index (χ2n) is 2.98. The average Bonchev–Trinajstić information content (AvgIpc) is 2.20. The van der Waals surface area contributed by atoms with Crippen LogP contribution in [0, 0.1) is 0 Å². The molecular weight excluding hydrogens is 162 g/mol. The van der Waals surface area contributed by atoms with Crippen molar-refractivity contribution in [3.8, 4) is 0 Å². The van der Waals surface area contributed by atoms with Crippen molar-refractivity contribution >= 4 is 6.21 Å². The first-order chi connectivity index (χ1) is 6.31. The summed E-state index contributed by atoms with van der Waals surface area (Å²) in [5, 5.41) is 3.92. The molecule has 0 saturated heterocycles. The van der Waals surface area contributed by atoms with E-state index in [1.165, 1.54) is 0 Å². The lowest BCUT2D eigenvalue weighted by Crippen LogP contribution is -2.47. The van der Waals surface area contributed by atoms with Crippen LogP contribution >= 0.6 is 0 Å². The lowest BCUT2D eigenvalue weighted by Gasteiger charge is -2.27. The van der Waals surface area contributed by atoms with Crippen LogP contribution in [0.3, 0.4) is 0 Å². The highest BCUT2D eigenvalue weighted by Gasteiger charge is 2.23. The van der Waals surface area contributed by atoms with Crippen LogP contribution in [0.4, 0.5) is 0 Å². The second-order valence-corrected chi connectivity index (χ2v) is 2.98. The highest BCUT2D eigenvalue weighted by Crippen LogP contribution is 2.17. The molecule has 13 heavy (non-hydrogen) atoms. The highest BCUT2D eigenvalue weighted by atomic mass is 15.4. The van der Waals surface area contributed by atoms with Crippen molar-refractivity contribution in [2.45, 2.75) is 5.66 Å². The van der Waals surface area contributed by atoms with Gasteiger partial charge in [0.2, 0.25) is 0 Å². The molecule has 0 radical (unpaired) electrons. The van der Waals surface area contributed by atoms with Crippen LogP contribution in [0.2, 0.25) is 0 Å². The van der Waals surface area contributed by atoms with E-state index in [0.29, 0.717) is 0 Å². The summed E-state index contributed by atoms with van der Waals surface area (Å²) in [6.07, 6.45) is 5.40. The van der Waals surface area contributed by atoms with E-state index in [2.05, 4.69) is 10.5 Å². The largest absolute Gasteiger partial charge is 0.300 e. The zero-order chi connectivity index (χ0) is 9.15. The summed E-state index contributed by atoms with van der Waals surface area (Å²) >= 11 is 0. The fraction of sp³-hybridized carbons (Fsp3) is 0.100. The Hall–Kier alpha value is -1.61. The minimum Gasteiger partial charge on any atom is -0.300 e. The summed E-state index contributed by atoms with van der Waals surface area (Å²) in [5.41, 5.74) is 9.29. The Labute approximate surface area is 77.0 Å². The minimum absolute atomic E-state index is 0.657. The van der Waals surface area contributed by atoms with Gasteiger partial charge in [-0.05, 0) is 17.7 Å².